The Morgan fingerprint density at radius 2 is 2.40 bits per heavy atom. The maximum Gasteiger partial charge on any atom is 0.138 e. The van der Waals surface area contributed by atoms with E-state index >= 15 is 0 Å². The Kier molecular flexibility index (Phi) is 3.15. The van der Waals surface area contributed by atoms with Crippen molar-refractivity contribution in [2.45, 2.75) is 12.8 Å². The van der Waals surface area contributed by atoms with E-state index in [1.54, 1.807) is 17.7 Å². The van der Waals surface area contributed by atoms with Gasteiger partial charge >= 0.3 is 0 Å². The third-order valence-electron chi connectivity index (χ3n) is 2.05. The first kappa shape index (κ1) is 9.94. The van der Waals surface area contributed by atoms with E-state index in [4.69, 9.17) is 6.42 Å². The summed E-state index contributed by atoms with van der Waals surface area (Å²) in [6.45, 7) is 0.853. The molecule has 0 amide bonds. The van der Waals surface area contributed by atoms with Gasteiger partial charge in [-0.3, -0.25) is 0 Å². The number of unbranched alkanes of at least 4 members (excludes halogenated alkanes) is 1. The molecule has 76 valence electrons. The minimum atomic E-state index is 0.796. The smallest absolute Gasteiger partial charge is 0.138 e. The number of thiophene rings is 1. The third kappa shape index (κ3) is 2.25. The molecule has 0 aliphatic carbocycles. The summed E-state index contributed by atoms with van der Waals surface area (Å²) >= 11 is 1.62. The second-order valence-corrected chi connectivity index (χ2v) is 3.99. The van der Waals surface area contributed by atoms with Crippen LogP contribution in [0.2, 0.25) is 0 Å². The van der Waals surface area contributed by atoms with E-state index in [1.165, 1.54) is 0 Å². The number of terminal acetylenes is 1. The molecule has 3 nitrogen and oxygen atoms in total. The van der Waals surface area contributed by atoms with Crippen LogP contribution in [0.5, 0.6) is 0 Å². The number of aromatic nitrogens is 2. The van der Waals surface area contributed by atoms with Gasteiger partial charge in [0.25, 0.3) is 0 Å². The van der Waals surface area contributed by atoms with Gasteiger partial charge in [-0.15, -0.1) is 23.7 Å². The first-order valence-electron chi connectivity index (χ1n) is 4.77. The van der Waals surface area contributed by atoms with Gasteiger partial charge in [0.15, 0.2) is 0 Å². The fraction of sp³-hybridized carbons (Fsp3) is 0.273. The van der Waals surface area contributed by atoms with E-state index in [-0.39, 0.29) is 0 Å². The molecule has 0 saturated carbocycles. The van der Waals surface area contributed by atoms with Gasteiger partial charge in [-0.05, 0) is 17.9 Å². The Bertz CT molecular complexity index is 484. The monoisotopic (exact) mass is 217 g/mol. The summed E-state index contributed by atoms with van der Waals surface area (Å²) in [4.78, 5) is 9.41. The Labute approximate surface area is 92.6 Å². The van der Waals surface area contributed by atoms with Crippen LogP contribution < -0.4 is 5.32 Å². The van der Waals surface area contributed by atoms with Gasteiger partial charge in [0.05, 0.1) is 5.39 Å². The van der Waals surface area contributed by atoms with Crippen molar-refractivity contribution in [2.24, 2.45) is 0 Å². The first-order chi connectivity index (χ1) is 7.42. The quantitative estimate of drug-likeness (QED) is 0.631. The summed E-state index contributed by atoms with van der Waals surface area (Å²) in [6.07, 6.45) is 8.53. The molecule has 0 aliphatic rings. The third-order valence-corrected chi connectivity index (χ3v) is 2.87. The van der Waals surface area contributed by atoms with Crippen molar-refractivity contribution in [3.8, 4) is 12.3 Å². The second-order valence-electron chi connectivity index (χ2n) is 3.10. The van der Waals surface area contributed by atoms with Crippen LogP contribution in [0, 0.1) is 12.3 Å². The molecule has 15 heavy (non-hydrogen) atoms. The summed E-state index contributed by atoms with van der Waals surface area (Å²) in [7, 11) is 0. The molecule has 0 fully saturated rings. The topological polar surface area (TPSA) is 37.8 Å². The van der Waals surface area contributed by atoms with Crippen molar-refractivity contribution < 1.29 is 0 Å². The fourth-order valence-corrected chi connectivity index (χ4v) is 2.06. The van der Waals surface area contributed by atoms with Gasteiger partial charge in [-0.25, -0.2) is 9.97 Å². The van der Waals surface area contributed by atoms with E-state index in [0.29, 0.717) is 0 Å². The van der Waals surface area contributed by atoms with Crippen molar-refractivity contribution in [3.63, 3.8) is 0 Å². The molecule has 2 heterocycles. The molecule has 0 saturated heterocycles. The Morgan fingerprint density at radius 3 is 3.27 bits per heavy atom. The highest BCUT2D eigenvalue weighted by Gasteiger charge is 2.02. The van der Waals surface area contributed by atoms with Crippen molar-refractivity contribution >= 4 is 27.4 Å². The summed E-state index contributed by atoms with van der Waals surface area (Å²) in [5.41, 5.74) is 0. The van der Waals surface area contributed by atoms with Crippen LogP contribution in [0.1, 0.15) is 12.8 Å². The van der Waals surface area contributed by atoms with E-state index in [2.05, 4.69) is 21.2 Å². The standard InChI is InChI=1S/C11H11N3S/c1-2-3-4-6-12-10-9-5-7-15-11(9)14-8-13-10/h1,5,7-8H,3-4,6H2,(H,12,13,14). The maximum atomic E-state index is 5.18. The largest absolute Gasteiger partial charge is 0.369 e. The number of hydrogen-bond acceptors (Lipinski definition) is 4. The highest BCUT2D eigenvalue weighted by molar-refractivity contribution is 7.16. The molecule has 2 rings (SSSR count). The average molecular weight is 217 g/mol. The Morgan fingerprint density at radius 1 is 1.47 bits per heavy atom. The zero-order valence-corrected chi connectivity index (χ0v) is 9.05. The second kappa shape index (κ2) is 4.76. The highest BCUT2D eigenvalue weighted by Crippen LogP contribution is 2.23. The van der Waals surface area contributed by atoms with Crippen molar-refractivity contribution in [1.29, 1.82) is 0 Å². The minimum absolute atomic E-state index is 0.796. The molecule has 4 heteroatoms. The number of rotatable bonds is 4. The molecular formula is C11H11N3S. The lowest BCUT2D eigenvalue weighted by Crippen LogP contribution is -2.03. The lowest BCUT2D eigenvalue weighted by molar-refractivity contribution is 0.902. The fourth-order valence-electron chi connectivity index (χ4n) is 1.33. The van der Waals surface area contributed by atoms with Crippen LogP contribution in [0.25, 0.3) is 10.2 Å². The van der Waals surface area contributed by atoms with Crippen molar-refractivity contribution in [1.82, 2.24) is 9.97 Å². The van der Waals surface area contributed by atoms with Gasteiger partial charge in [0, 0.05) is 13.0 Å². The number of nitrogens with zero attached hydrogens (tertiary/aromatic N) is 2. The zero-order valence-electron chi connectivity index (χ0n) is 8.23. The van der Waals surface area contributed by atoms with Gasteiger partial charge in [-0.1, -0.05) is 0 Å². The minimum Gasteiger partial charge on any atom is -0.369 e. The lowest BCUT2D eigenvalue weighted by Gasteiger charge is -2.04. The van der Waals surface area contributed by atoms with Crippen LogP contribution in [0.15, 0.2) is 17.8 Å². The van der Waals surface area contributed by atoms with Crippen molar-refractivity contribution in [2.75, 3.05) is 11.9 Å². The zero-order chi connectivity index (χ0) is 10.5. The maximum absolute atomic E-state index is 5.18. The van der Waals surface area contributed by atoms with Crippen molar-refractivity contribution in [3.05, 3.63) is 17.8 Å². The van der Waals surface area contributed by atoms with Crippen LogP contribution in [-0.2, 0) is 0 Å². The summed E-state index contributed by atoms with van der Waals surface area (Å²) < 4.78 is 0. The predicted molar refractivity (Wildman–Crippen MR) is 64.0 cm³/mol. The predicted octanol–water partition coefficient (Wildman–Crippen LogP) is 2.52. The van der Waals surface area contributed by atoms with Crippen LogP contribution in [-0.4, -0.2) is 16.5 Å². The summed E-state index contributed by atoms with van der Waals surface area (Å²) in [5, 5.41) is 6.37. The summed E-state index contributed by atoms with van der Waals surface area (Å²) in [6, 6.07) is 2.03. The molecule has 0 radical (unpaired) electrons. The molecule has 0 aliphatic heterocycles. The molecule has 2 aromatic heterocycles. The van der Waals surface area contributed by atoms with Gasteiger partial charge in [-0.2, -0.15) is 0 Å². The SMILES string of the molecule is C#CCCCNc1ncnc2sccc12. The van der Waals surface area contributed by atoms with Gasteiger partial charge in [0.1, 0.15) is 17.0 Å². The normalized spacial score (nSPS) is 10.1. The molecule has 0 unspecified atom stereocenters. The molecular weight excluding hydrogens is 206 g/mol. The van der Waals surface area contributed by atoms with Gasteiger partial charge in [0.2, 0.25) is 0 Å². The molecule has 0 aromatic carbocycles. The number of hydrogen-bond donors (Lipinski definition) is 1. The molecule has 0 spiro atoms. The average Bonchev–Trinajstić information content (AvgIpc) is 2.73. The first-order valence-corrected chi connectivity index (χ1v) is 5.65. The number of fused-ring (bicyclic) bond motifs is 1. The Balaban J connectivity index is 2.08. The van der Waals surface area contributed by atoms with Crippen LogP contribution >= 0.6 is 11.3 Å². The lowest BCUT2D eigenvalue weighted by atomic mass is 10.3. The number of anilines is 1. The molecule has 0 bridgehead atoms. The Hall–Kier alpha value is -1.60. The van der Waals surface area contributed by atoms with E-state index < -0.39 is 0 Å². The molecule has 1 N–H and O–H groups in total. The van der Waals surface area contributed by atoms with Crippen LogP contribution in [0.4, 0.5) is 5.82 Å². The summed E-state index contributed by atoms with van der Waals surface area (Å²) in [5.74, 6) is 3.52. The van der Waals surface area contributed by atoms with E-state index in [0.717, 1.165) is 35.4 Å². The number of nitrogens with one attached hydrogen (secondary N) is 1. The molecule has 2 aromatic rings. The van der Waals surface area contributed by atoms with Crippen LogP contribution in [0.3, 0.4) is 0 Å². The van der Waals surface area contributed by atoms with Gasteiger partial charge < -0.3 is 5.32 Å². The van der Waals surface area contributed by atoms with E-state index in [9.17, 15) is 0 Å². The molecule has 0 atom stereocenters. The highest BCUT2D eigenvalue weighted by atomic mass is 32.1. The van der Waals surface area contributed by atoms with E-state index in [1.807, 2.05) is 11.4 Å².